The van der Waals surface area contributed by atoms with Gasteiger partial charge in [0.25, 0.3) is 5.91 Å². The Bertz CT molecular complexity index is 931. The van der Waals surface area contributed by atoms with E-state index in [9.17, 15) is 9.18 Å². The molecule has 0 bridgehead atoms. The molecule has 1 aromatic heterocycles. The highest BCUT2D eigenvalue weighted by Gasteiger charge is 2.24. The quantitative estimate of drug-likeness (QED) is 0.773. The summed E-state index contributed by atoms with van der Waals surface area (Å²) in [6, 6.07) is 11.9. The number of nitrogens with zero attached hydrogens (tertiary/aromatic N) is 2. The van der Waals surface area contributed by atoms with Gasteiger partial charge in [-0.3, -0.25) is 9.78 Å². The molecule has 4 rings (SSSR count). The molecule has 1 atom stereocenters. The fourth-order valence-corrected chi connectivity index (χ4v) is 3.92. The van der Waals surface area contributed by atoms with Gasteiger partial charge in [0.1, 0.15) is 11.5 Å². The molecule has 1 aliphatic heterocycles. The van der Waals surface area contributed by atoms with E-state index in [-0.39, 0.29) is 23.5 Å². The predicted octanol–water partition coefficient (Wildman–Crippen LogP) is 3.74. The lowest BCUT2D eigenvalue weighted by Gasteiger charge is -2.25. The van der Waals surface area contributed by atoms with Crippen molar-refractivity contribution in [3.63, 3.8) is 0 Å². The highest BCUT2D eigenvalue weighted by Crippen LogP contribution is 2.36. The third-order valence-corrected chi connectivity index (χ3v) is 5.12. The van der Waals surface area contributed by atoms with E-state index in [2.05, 4.69) is 15.3 Å². The molecule has 0 aliphatic carbocycles. The number of rotatable bonds is 2. The molecular weight excluding hydrogens is 325 g/mol. The Balaban J connectivity index is 1.61. The third kappa shape index (κ3) is 2.85. The Kier molecular flexibility index (Phi) is 3.90. The second kappa shape index (κ2) is 6.20. The van der Waals surface area contributed by atoms with Crippen LogP contribution in [-0.2, 0) is 0 Å². The maximum atomic E-state index is 13.6. The summed E-state index contributed by atoms with van der Waals surface area (Å²) < 4.78 is 13.6. The molecule has 6 heteroatoms. The Labute approximate surface area is 142 Å². The highest BCUT2D eigenvalue weighted by atomic mass is 32.2. The van der Waals surface area contributed by atoms with Crippen molar-refractivity contribution < 1.29 is 9.18 Å². The van der Waals surface area contributed by atoms with Crippen LogP contribution in [-0.4, -0.2) is 21.6 Å². The molecular formula is C18H14FN3OS. The standard InChI is InChI=1S/C18H14FN3OS/c19-11-5-6-17-12(9-11)13(7-8-24-17)22-18(23)16-10-20-14-3-1-2-4-15(14)21-16/h1-6,9-10,13H,7-8H2,(H,22,23). The first kappa shape index (κ1) is 15.1. The van der Waals surface area contributed by atoms with Crippen molar-refractivity contribution in [3.05, 3.63) is 65.7 Å². The first-order chi connectivity index (χ1) is 11.7. The smallest absolute Gasteiger partial charge is 0.271 e. The number of para-hydroxylation sites is 2. The summed E-state index contributed by atoms with van der Waals surface area (Å²) >= 11 is 1.68. The molecule has 1 aliphatic rings. The molecule has 4 nitrogen and oxygen atoms in total. The number of carbonyl (C=O) groups excluding carboxylic acids is 1. The van der Waals surface area contributed by atoms with Crippen molar-refractivity contribution in [2.45, 2.75) is 17.4 Å². The molecule has 24 heavy (non-hydrogen) atoms. The van der Waals surface area contributed by atoms with Crippen LogP contribution in [0.5, 0.6) is 0 Å². The molecule has 0 fully saturated rings. The molecule has 0 saturated heterocycles. The van der Waals surface area contributed by atoms with E-state index in [1.54, 1.807) is 17.8 Å². The number of benzene rings is 2. The zero-order valence-electron chi connectivity index (χ0n) is 12.7. The predicted molar refractivity (Wildman–Crippen MR) is 91.5 cm³/mol. The van der Waals surface area contributed by atoms with Crippen molar-refractivity contribution in [1.29, 1.82) is 0 Å². The fraction of sp³-hybridized carbons (Fsp3) is 0.167. The van der Waals surface area contributed by atoms with Crippen LogP contribution in [0.2, 0.25) is 0 Å². The fourth-order valence-electron chi connectivity index (χ4n) is 2.81. The largest absolute Gasteiger partial charge is 0.344 e. The second-order valence-corrected chi connectivity index (χ2v) is 6.73. The van der Waals surface area contributed by atoms with Crippen molar-refractivity contribution in [2.24, 2.45) is 0 Å². The number of nitrogens with one attached hydrogen (secondary N) is 1. The Morgan fingerprint density at radius 1 is 1.21 bits per heavy atom. The monoisotopic (exact) mass is 339 g/mol. The molecule has 2 heterocycles. The summed E-state index contributed by atoms with van der Waals surface area (Å²) in [7, 11) is 0. The minimum absolute atomic E-state index is 0.210. The maximum absolute atomic E-state index is 13.6. The minimum atomic E-state index is -0.291. The van der Waals surface area contributed by atoms with E-state index in [0.717, 1.165) is 28.1 Å². The van der Waals surface area contributed by atoms with Crippen molar-refractivity contribution >= 4 is 28.7 Å². The summed E-state index contributed by atoms with van der Waals surface area (Å²) in [6.07, 6.45) is 2.23. The molecule has 2 aromatic carbocycles. The van der Waals surface area contributed by atoms with Crippen LogP contribution in [0.1, 0.15) is 28.5 Å². The summed E-state index contributed by atoms with van der Waals surface area (Å²) in [6.45, 7) is 0. The van der Waals surface area contributed by atoms with E-state index in [4.69, 9.17) is 0 Å². The van der Waals surface area contributed by atoms with Crippen LogP contribution in [0.15, 0.2) is 53.6 Å². The Morgan fingerprint density at radius 3 is 2.92 bits per heavy atom. The molecule has 1 N–H and O–H groups in total. The van der Waals surface area contributed by atoms with Crippen LogP contribution in [0, 0.1) is 5.82 Å². The number of hydrogen-bond acceptors (Lipinski definition) is 4. The normalized spacial score (nSPS) is 16.6. The molecule has 3 aromatic rings. The number of carbonyl (C=O) groups is 1. The van der Waals surface area contributed by atoms with Crippen LogP contribution >= 0.6 is 11.8 Å². The molecule has 1 amide bonds. The number of halogens is 1. The zero-order valence-corrected chi connectivity index (χ0v) is 13.5. The molecule has 120 valence electrons. The molecule has 0 radical (unpaired) electrons. The van der Waals surface area contributed by atoms with Crippen LogP contribution < -0.4 is 5.32 Å². The van der Waals surface area contributed by atoms with Gasteiger partial charge in [-0.15, -0.1) is 11.8 Å². The van der Waals surface area contributed by atoms with Gasteiger partial charge in [0, 0.05) is 10.6 Å². The lowest BCUT2D eigenvalue weighted by molar-refractivity contribution is 0.0930. The van der Waals surface area contributed by atoms with Gasteiger partial charge < -0.3 is 5.32 Å². The summed E-state index contributed by atoms with van der Waals surface area (Å²) in [5, 5.41) is 2.96. The van der Waals surface area contributed by atoms with Gasteiger partial charge in [0.05, 0.1) is 23.3 Å². The maximum Gasteiger partial charge on any atom is 0.271 e. The summed E-state index contributed by atoms with van der Waals surface area (Å²) in [5.41, 5.74) is 2.52. The van der Waals surface area contributed by atoms with Crippen LogP contribution in [0.3, 0.4) is 0 Å². The van der Waals surface area contributed by atoms with Gasteiger partial charge in [-0.25, -0.2) is 9.37 Å². The van der Waals surface area contributed by atoms with E-state index in [1.165, 1.54) is 18.3 Å². The lowest BCUT2D eigenvalue weighted by Crippen LogP contribution is -2.31. The van der Waals surface area contributed by atoms with Crippen molar-refractivity contribution in [1.82, 2.24) is 15.3 Å². The first-order valence-corrected chi connectivity index (χ1v) is 8.64. The van der Waals surface area contributed by atoms with E-state index < -0.39 is 0 Å². The van der Waals surface area contributed by atoms with Crippen molar-refractivity contribution in [3.8, 4) is 0 Å². The average molecular weight is 339 g/mol. The van der Waals surface area contributed by atoms with Gasteiger partial charge in [-0.05, 0) is 42.3 Å². The number of aromatic nitrogens is 2. The Morgan fingerprint density at radius 2 is 2.04 bits per heavy atom. The van der Waals surface area contributed by atoms with Gasteiger partial charge in [-0.1, -0.05) is 12.1 Å². The van der Waals surface area contributed by atoms with E-state index in [0.29, 0.717) is 5.52 Å². The van der Waals surface area contributed by atoms with Gasteiger partial charge in [0.15, 0.2) is 0 Å². The average Bonchev–Trinajstić information content (AvgIpc) is 2.62. The highest BCUT2D eigenvalue weighted by molar-refractivity contribution is 7.99. The summed E-state index contributed by atoms with van der Waals surface area (Å²) in [5.74, 6) is 0.300. The van der Waals surface area contributed by atoms with Crippen molar-refractivity contribution in [2.75, 3.05) is 5.75 Å². The first-order valence-electron chi connectivity index (χ1n) is 7.65. The van der Waals surface area contributed by atoms with Gasteiger partial charge >= 0.3 is 0 Å². The lowest BCUT2D eigenvalue weighted by atomic mass is 10.0. The van der Waals surface area contributed by atoms with Crippen LogP contribution in [0.25, 0.3) is 11.0 Å². The number of amides is 1. The van der Waals surface area contributed by atoms with E-state index in [1.807, 2.05) is 24.3 Å². The van der Waals surface area contributed by atoms with Gasteiger partial charge in [0.2, 0.25) is 0 Å². The van der Waals surface area contributed by atoms with Crippen LogP contribution in [0.4, 0.5) is 4.39 Å². The summed E-state index contributed by atoms with van der Waals surface area (Å²) in [4.78, 5) is 22.2. The molecule has 0 saturated carbocycles. The SMILES string of the molecule is O=C(NC1CCSc2ccc(F)cc21)c1cnc2ccccc2n1. The third-order valence-electron chi connectivity index (χ3n) is 4.00. The van der Waals surface area contributed by atoms with Gasteiger partial charge in [-0.2, -0.15) is 0 Å². The molecule has 0 spiro atoms. The number of thioether (sulfide) groups is 1. The molecule has 1 unspecified atom stereocenters. The Hall–Kier alpha value is -2.47. The second-order valence-electron chi connectivity index (χ2n) is 5.59. The topological polar surface area (TPSA) is 54.9 Å². The number of fused-ring (bicyclic) bond motifs is 2. The van der Waals surface area contributed by atoms with E-state index >= 15 is 0 Å². The number of hydrogen-bond donors (Lipinski definition) is 1. The zero-order chi connectivity index (χ0) is 16.5. The minimum Gasteiger partial charge on any atom is -0.344 e.